The van der Waals surface area contributed by atoms with Crippen LogP contribution in [0.25, 0.3) is 0 Å². The Labute approximate surface area is 156 Å². The quantitative estimate of drug-likeness (QED) is 0.817. The molecule has 0 unspecified atom stereocenters. The molecule has 0 radical (unpaired) electrons. The van der Waals surface area contributed by atoms with Crippen molar-refractivity contribution in [3.8, 4) is 0 Å². The van der Waals surface area contributed by atoms with Gasteiger partial charge in [-0.3, -0.25) is 4.90 Å². The summed E-state index contributed by atoms with van der Waals surface area (Å²) in [7, 11) is 0. The molecule has 2 aromatic carbocycles. The van der Waals surface area contributed by atoms with Gasteiger partial charge in [0.1, 0.15) is 0 Å². The molecule has 2 aliphatic rings. The average molecular weight is 351 g/mol. The van der Waals surface area contributed by atoms with Gasteiger partial charge < -0.3 is 15.7 Å². The Morgan fingerprint density at radius 3 is 2.27 bits per heavy atom. The Morgan fingerprint density at radius 2 is 1.58 bits per heavy atom. The number of hydrogen-bond donors (Lipinski definition) is 2. The van der Waals surface area contributed by atoms with Crippen molar-refractivity contribution in [2.75, 3.05) is 36.8 Å². The second-order valence-corrected chi connectivity index (χ2v) is 7.79. The van der Waals surface area contributed by atoms with Crippen LogP contribution < -0.4 is 10.6 Å². The van der Waals surface area contributed by atoms with Gasteiger partial charge in [0.15, 0.2) is 0 Å². The molecule has 4 nitrogen and oxygen atoms in total. The summed E-state index contributed by atoms with van der Waals surface area (Å²) in [6.45, 7) is 8.37. The maximum atomic E-state index is 10.7. The van der Waals surface area contributed by atoms with Crippen molar-refractivity contribution in [1.82, 2.24) is 4.90 Å². The summed E-state index contributed by atoms with van der Waals surface area (Å²) in [5.41, 5.74) is 13.6. The van der Waals surface area contributed by atoms with Gasteiger partial charge in [0, 0.05) is 50.0 Å². The third-order valence-corrected chi connectivity index (χ3v) is 6.13. The van der Waals surface area contributed by atoms with Gasteiger partial charge in [0.2, 0.25) is 0 Å². The fourth-order valence-electron chi connectivity index (χ4n) is 4.76. The number of aliphatic hydroxyl groups is 1. The fourth-order valence-corrected chi connectivity index (χ4v) is 4.76. The minimum Gasteiger partial charge on any atom is -0.398 e. The molecule has 1 fully saturated rings. The maximum Gasteiger partial charge on any atom is 0.0739 e. The number of piperazine rings is 1. The number of fused-ring (bicyclic) bond motifs is 1. The lowest BCUT2D eigenvalue weighted by Gasteiger charge is -2.44. The summed E-state index contributed by atoms with van der Waals surface area (Å²) >= 11 is 0. The predicted octanol–water partition coefficient (Wildman–Crippen LogP) is 2.54. The van der Waals surface area contributed by atoms with E-state index in [0.717, 1.165) is 38.3 Å². The molecule has 4 heteroatoms. The molecule has 138 valence electrons. The molecule has 2 aromatic rings. The van der Waals surface area contributed by atoms with Crippen molar-refractivity contribution >= 4 is 11.4 Å². The van der Waals surface area contributed by atoms with Crippen molar-refractivity contribution < 1.29 is 5.11 Å². The van der Waals surface area contributed by atoms with Gasteiger partial charge in [-0.15, -0.1) is 0 Å². The number of hydrogen-bond acceptors (Lipinski definition) is 4. The maximum absolute atomic E-state index is 10.7. The fraction of sp³-hybridized carbons (Fsp3) is 0.455. The van der Waals surface area contributed by atoms with E-state index >= 15 is 0 Å². The van der Waals surface area contributed by atoms with Crippen LogP contribution in [-0.4, -0.2) is 48.3 Å². The van der Waals surface area contributed by atoms with E-state index in [2.05, 4.69) is 47.9 Å². The Morgan fingerprint density at radius 1 is 0.923 bits per heavy atom. The van der Waals surface area contributed by atoms with Crippen molar-refractivity contribution in [3.05, 3.63) is 58.7 Å². The molecule has 3 N–H and O–H groups in total. The normalized spacial score (nSPS) is 23.7. The van der Waals surface area contributed by atoms with Crippen molar-refractivity contribution in [2.45, 2.75) is 38.8 Å². The SMILES string of the molecule is Cc1cccc(C)c1N1CCN([C@@H]2Cc3c(N)cccc3C[C@H]2O)CC1. The smallest absolute Gasteiger partial charge is 0.0739 e. The third-order valence-electron chi connectivity index (χ3n) is 6.13. The lowest BCUT2D eigenvalue weighted by atomic mass is 9.84. The minimum absolute atomic E-state index is 0.173. The second-order valence-electron chi connectivity index (χ2n) is 7.79. The van der Waals surface area contributed by atoms with Crippen LogP contribution in [0.1, 0.15) is 22.3 Å². The van der Waals surface area contributed by atoms with Crippen LogP contribution in [0, 0.1) is 13.8 Å². The number of para-hydroxylation sites is 1. The Balaban J connectivity index is 1.48. The van der Waals surface area contributed by atoms with E-state index in [1.807, 2.05) is 12.1 Å². The van der Waals surface area contributed by atoms with Gasteiger partial charge in [0.05, 0.1) is 6.10 Å². The monoisotopic (exact) mass is 351 g/mol. The summed E-state index contributed by atoms with van der Waals surface area (Å²) in [6.07, 6.45) is 1.25. The Hall–Kier alpha value is -2.04. The van der Waals surface area contributed by atoms with Crippen LogP contribution in [0.5, 0.6) is 0 Å². The molecule has 0 saturated carbocycles. The first kappa shape index (κ1) is 17.4. The van der Waals surface area contributed by atoms with Gasteiger partial charge in [-0.1, -0.05) is 30.3 Å². The first-order chi connectivity index (χ1) is 12.5. The summed E-state index contributed by atoms with van der Waals surface area (Å²) < 4.78 is 0. The van der Waals surface area contributed by atoms with E-state index in [4.69, 9.17) is 5.73 Å². The highest BCUT2D eigenvalue weighted by Gasteiger charge is 2.34. The van der Waals surface area contributed by atoms with Gasteiger partial charge >= 0.3 is 0 Å². The zero-order valence-corrected chi connectivity index (χ0v) is 15.8. The number of aliphatic hydroxyl groups excluding tert-OH is 1. The molecule has 1 heterocycles. The number of nitrogen functional groups attached to an aromatic ring is 1. The summed E-state index contributed by atoms with van der Waals surface area (Å²) in [4.78, 5) is 4.96. The van der Waals surface area contributed by atoms with E-state index in [1.165, 1.54) is 27.9 Å². The van der Waals surface area contributed by atoms with Gasteiger partial charge in [0.25, 0.3) is 0 Å². The van der Waals surface area contributed by atoms with Gasteiger partial charge in [-0.25, -0.2) is 0 Å². The van der Waals surface area contributed by atoms with E-state index in [0.29, 0.717) is 6.42 Å². The highest BCUT2D eigenvalue weighted by atomic mass is 16.3. The van der Waals surface area contributed by atoms with Crippen LogP contribution in [-0.2, 0) is 12.8 Å². The van der Waals surface area contributed by atoms with Crippen LogP contribution in [0.3, 0.4) is 0 Å². The van der Waals surface area contributed by atoms with Crippen molar-refractivity contribution in [2.24, 2.45) is 0 Å². The van der Waals surface area contributed by atoms with Crippen LogP contribution in [0.4, 0.5) is 11.4 Å². The van der Waals surface area contributed by atoms with Crippen molar-refractivity contribution in [3.63, 3.8) is 0 Å². The number of rotatable bonds is 2. The molecule has 0 aromatic heterocycles. The van der Waals surface area contributed by atoms with Crippen LogP contribution in [0.2, 0.25) is 0 Å². The Bertz CT molecular complexity index is 776. The van der Waals surface area contributed by atoms with E-state index < -0.39 is 0 Å². The average Bonchev–Trinajstić information content (AvgIpc) is 2.62. The first-order valence-electron chi connectivity index (χ1n) is 9.64. The van der Waals surface area contributed by atoms with Gasteiger partial charge in [-0.2, -0.15) is 0 Å². The highest BCUT2D eigenvalue weighted by molar-refractivity contribution is 5.59. The van der Waals surface area contributed by atoms with E-state index in [9.17, 15) is 5.11 Å². The van der Waals surface area contributed by atoms with E-state index in [-0.39, 0.29) is 12.1 Å². The number of benzene rings is 2. The third kappa shape index (κ3) is 3.08. The van der Waals surface area contributed by atoms with Crippen molar-refractivity contribution in [1.29, 1.82) is 0 Å². The number of anilines is 2. The molecule has 4 rings (SSSR count). The first-order valence-corrected chi connectivity index (χ1v) is 9.64. The summed E-state index contributed by atoms with van der Waals surface area (Å²) in [5.74, 6) is 0. The molecule has 1 saturated heterocycles. The lowest BCUT2D eigenvalue weighted by molar-refractivity contribution is 0.0396. The molecule has 26 heavy (non-hydrogen) atoms. The Kier molecular flexibility index (Phi) is 4.63. The highest BCUT2D eigenvalue weighted by Crippen LogP contribution is 2.31. The topological polar surface area (TPSA) is 52.7 Å². The van der Waals surface area contributed by atoms with Crippen LogP contribution in [0.15, 0.2) is 36.4 Å². The summed E-state index contributed by atoms with van der Waals surface area (Å²) in [5, 5.41) is 10.7. The number of nitrogens with zero attached hydrogens (tertiary/aromatic N) is 2. The molecule has 0 amide bonds. The molecular weight excluding hydrogens is 322 g/mol. The molecule has 1 aliphatic heterocycles. The largest absolute Gasteiger partial charge is 0.398 e. The molecule has 1 aliphatic carbocycles. The standard InChI is InChI=1S/C22H29N3O/c1-15-5-3-6-16(2)22(15)25-11-9-24(10-12-25)20-14-18-17(13-21(20)26)7-4-8-19(18)23/h3-8,20-21,26H,9-14,23H2,1-2H3/t20-,21-/m1/s1. The summed E-state index contributed by atoms with van der Waals surface area (Å²) in [6, 6.07) is 12.8. The minimum atomic E-state index is -0.309. The zero-order chi connectivity index (χ0) is 18.3. The number of nitrogens with two attached hydrogens (primary N) is 1. The molecule has 0 spiro atoms. The molecule has 0 bridgehead atoms. The zero-order valence-electron chi connectivity index (χ0n) is 15.8. The second kappa shape index (κ2) is 6.93. The van der Waals surface area contributed by atoms with E-state index in [1.54, 1.807) is 0 Å². The molecule has 2 atom stereocenters. The predicted molar refractivity (Wildman–Crippen MR) is 108 cm³/mol. The van der Waals surface area contributed by atoms with Crippen LogP contribution >= 0.6 is 0 Å². The molecular formula is C22H29N3O. The lowest BCUT2D eigenvalue weighted by Crippen LogP contribution is -2.56. The number of aryl methyl sites for hydroxylation is 2. The van der Waals surface area contributed by atoms with Gasteiger partial charge in [-0.05, 0) is 48.6 Å².